The van der Waals surface area contributed by atoms with Crippen LogP contribution in [0.25, 0.3) is 21.2 Å². The highest BCUT2D eigenvalue weighted by Crippen LogP contribution is 2.50. The highest BCUT2D eigenvalue weighted by atomic mass is 32.1. The van der Waals surface area contributed by atoms with Crippen molar-refractivity contribution in [2.45, 2.75) is 127 Å². The van der Waals surface area contributed by atoms with Gasteiger partial charge in [0.25, 0.3) is 0 Å². The van der Waals surface area contributed by atoms with E-state index in [9.17, 15) is 2.74 Å². The number of nitrogens with one attached hydrogen (secondary N) is 1. The molecule has 1 N–H and O–H groups in total. The van der Waals surface area contributed by atoms with Crippen LogP contribution in [0, 0.1) is 23.7 Å². The van der Waals surface area contributed by atoms with Crippen molar-refractivity contribution < 1.29 is 6.85 Å². The number of fused-ring (bicyclic) bond motifs is 2. The van der Waals surface area contributed by atoms with Crippen LogP contribution in [0.15, 0.2) is 144 Å². The van der Waals surface area contributed by atoms with E-state index in [0.717, 1.165) is 64.2 Å². The average Bonchev–Trinajstić information content (AvgIpc) is 3.59. The number of rotatable bonds is 13. The average molecular weight is 833 g/mol. The first-order valence-corrected chi connectivity index (χ1v) is 23.1. The van der Waals surface area contributed by atoms with Crippen LogP contribution < -0.4 is 15.0 Å². The molecule has 0 aliphatic heterocycles. The first-order chi connectivity index (χ1) is 30.8. The van der Waals surface area contributed by atoms with Crippen molar-refractivity contribution in [1.82, 2.24) is 5.32 Å². The number of benzene rings is 3. The molecule has 2 nitrogen and oxygen atoms in total. The molecule has 1 atom stereocenters. The molecule has 0 fully saturated rings. The maximum atomic E-state index is 9.22. The molecule has 1 heterocycles. The summed E-state index contributed by atoms with van der Waals surface area (Å²) in [5.74, 6) is 0.521. The summed E-state index contributed by atoms with van der Waals surface area (Å²) in [6.45, 7) is 29.4. The van der Waals surface area contributed by atoms with E-state index in [4.69, 9.17) is 4.11 Å². The molecular formula is C57H72BN2S. The highest BCUT2D eigenvalue weighted by molar-refractivity contribution is 7.29. The molecule has 2 aliphatic carbocycles. The van der Waals surface area contributed by atoms with Gasteiger partial charge in [-0.15, -0.1) is 11.3 Å². The Labute approximate surface area is 382 Å². The number of thiophene rings is 1. The van der Waals surface area contributed by atoms with Crippen molar-refractivity contribution in [1.29, 1.82) is 0 Å². The lowest BCUT2D eigenvalue weighted by Crippen LogP contribution is -2.33. The van der Waals surface area contributed by atoms with Crippen molar-refractivity contribution in [3.05, 3.63) is 161 Å². The van der Waals surface area contributed by atoms with E-state index < -0.39 is 6.04 Å². The van der Waals surface area contributed by atoms with Gasteiger partial charge in [0, 0.05) is 39.3 Å². The third-order valence-electron chi connectivity index (χ3n) is 11.9. The number of allylic oxidation sites excluding steroid dienone is 11. The minimum absolute atomic E-state index is 0.0196. The Bertz CT molecular complexity index is 2660. The lowest BCUT2D eigenvalue weighted by Gasteiger charge is -2.42. The van der Waals surface area contributed by atoms with Gasteiger partial charge in [0.1, 0.15) is 0 Å². The van der Waals surface area contributed by atoms with Gasteiger partial charge in [-0.2, -0.15) is 0 Å². The van der Waals surface area contributed by atoms with Gasteiger partial charge < -0.3 is 10.2 Å². The Morgan fingerprint density at radius 3 is 2.23 bits per heavy atom. The van der Waals surface area contributed by atoms with Gasteiger partial charge in [0.2, 0.25) is 7.28 Å². The molecule has 0 spiro atoms. The lowest BCUT2D eigenvalue weighted by atomic mass is 9.62. The summed E-state index contributed by atoms with van der Waals surface area (Å²) in [5.41, 5.74) is 9.34. The van der Waals surface area contributed by atoms with Crippen molar-refractivity contribution >= 4 is 44.9 Å². The fourth-order valence-electron chi connectivity index (χ4n) is 8.17. The Kier molecular flexibility index (Phi) is 12.1. The topological polar surface area (TPSA) is 15.3 Å². The van der Waals surface area contributed by atoms with Crippen LogP contribution in [0.4, 0.5) is 11.4 Å². The normalized spacial score (nSPS) is 19.5. The molecule has 0 saturated carbocycles. The molecule has 3 aromatic carbocycles. The van der Waals surface area contributed by atoms with Gasteiger partial charge in [-0.05, 0) is 137 Å². The summed E-state index contributed by atoms with van der Waals surface area (Å²) in [4.78, 5) is 2.34. The van der Waals surface area contributed by atoms with Crippen LogP contribution in [-0.2, 0) is 10.8 Å². The zero-order valence-electron chi connectivity index (χ0n) is 44.3. The molecule has 4 heteroatoms. The quantitative estimate of drug-likeness (QED) is 0.107. The van der Waals surface area contributed by atoms with Gasteiger partial charge in [0.15, 0.2) is 0 Å². The monoisotopic (exact) mass is 833 g/mol. The number of hydrogen-bond donors (Lipinski definition) is 1. The standard InChI is InChI=1S/C57H72BN2S/c1-14-20-44(59-45(30-33-55(7,8)9)23-19-32-54(4,5)6)31-36-60(50-37-40(3)24-29-46(50)42-21-17-16-18-22-42)52-47-38-48-49(57(12,13)35-34-56(48,10)11)39-51(47)61-53(52)58-43-27-25-41(15-2)26-28-43/h14,16-25,27-33,37-39,41,59H,15,26,34-36H2,1-13H3/b20-14-,32-19+,33-30+,44-31+,45-23+/i16D,17D,18D,21D,22D. The van der Waals surface area contributed by atoms with Gasteiger partial charge in [-0.3, -0.25) is 0 Å². The van der Waals surface area contributed by atoms with Crippen LogP contribution in [0.5, 0.6) is 0 Å². The van der Waals surface area contributed by atoms with E-state index in [1.165, 1.54) is 21.3 Å². The number of hydrogen-bond acceptors (Lipinski definition) is 3. The lowest BCUT2D eigenvalue weighted by molar-refractivity contribution is 0.332. The van der Waals surface area contributed by atoms with E-state index in [1.807, 2.05) is 36.5 Å². The predicted molar refractivity (Wildman–Crippen MR) is 273 cm³/mol. The number of nitrogens with zero attached hydrogens (tertiary/aromatic N) is 1. The Morgan fingerprint density at radius 2 is 1.61 bits per heavy atom. The smallest absolute Gasteiger partial charge is 0.207 e. The molecule has 1 radical (unpaired) electrons. The molecule has 1 unspecified atom stereocenters. The van der Waals surface area contributed by atoms with Crippen molar-refractivity contribution in [2.24, 2.45) is 16.7 Å². The third kappa shape index (κ3) is 11.7. The molecule has 61 heavy (non-hydrogen) atoms. The van der Waals surface area contributed by atoms with Crippen LogP contribution in [0.2, 0.25) is 0 Å². The van der Waals surface area contributed by atoms with Crippen LogP contribution in [-0.4, -0.2) is 13.8 Å². The summed E-state index contributed by atoms with van der Waals surface area (Å²) in [7, 11) is 2.33. The second kappa shape index (κ2) is 18.8. The van der Waals surface area contributed by atoms with E-state index >= 15 is 0 Å². The number of aryl methyl sites for hydroxylation is 1. The Balaban J connectivity index is 1.68. The van der Waals surface area contributed by atoms with E-state index in [0.29, 0.717) is 18.0 Å². The van der Waals surface area contributed by atoms with Gasteiger partial charge in [0.05, 0.1) is 12.5 Å². The Morgan fingerprint density at radius 1 is 0.918 bits per heavy atom. The predicted octanol–water partition coefficient (Wildman–Crippen LogP) is 15.7. The van der Waals surface area contributed by atoms with Crippen molar-refractivity contribution in [3.8, 4) is 11.1 Å². The molecule has 0 saturated heterocycles. The second-order valence-corrected chi connectivity index (χ2v) is 21.6. The zero-order chi connectivity index (χ0) is 48.5. The minimum Gasteiger partial charge on any atom is -0.356 e. The Hall–Kier alpha value is -4.54. The fraction of sp³-hybridized carbons (Fsp3) is 0.404. The van der Waals surface area contributed by atoms with Crippen LogP contribution >= 0.6 is 11.3 Å². The van der Waals surface area contributed by atoms with Crippen molar-refractivity contribution in [2.75, 3.05) is 11.4 Å². The largest absolute Gasteiger partial charge is 0.356 e. The zero-order valence-corrected chi connectivity index (χ0v) is 40.1. The molecule has 4 aromatic rings. The fourth-order valence-corrected chi connectivity index (χ4v) is 9.36. The van der Waals surface area contributed by atoms with Gasteiger partial charge >= 0.3 is 0 Å². The second-order valence-electron chi connectivity index (χ2n) is 20.6. The summed E-state index contributed by atoms with van der Waals surface area (Å²) in [6.07, 6.45) is 28.4. The van der Waals surface area contributed by atoms with Gasteiger partial charge in [-0.1, -0.05) is 167 Å². The highest BCUT2D eigenvalue weighted by Gasteiger charge is 2.38. The van der Waals surface area contributed by atoms with Crippen LogP contribution in [0.3, 0.4) is 0 Å². The maximum absolute atomic E-state index is 9.22. The summed E-state index contributed by atoms with van der Waals surface area (Å²) in [5, 5.41) is 4.91. The van der Waals surface area contributed by atoms with E-state index in [-0.39, 0.29) is 51.4 Å². The minimum atomic E-state index is -0.402. The molecular weight excluding hydrogens is 756 g/mol. The molecule has 2 aliphatic rings. The first kappa shape index (κ1) is 39.3. The summed E-state index contributed by atoms with van der Waals surface area (Å²) >= 11 is 1.81. The molecule has 319 valence electrons. The first-order valence-electron chi connectivity index (χ1n) is 24.8. The summed E-state index contributed by atoms with van der Waals surface area (Å²) in [6, 6.07) is 9.40. The van der Waals surface area contributed by atoms with E-state index in [1.54, 1.807) is 0 Å². The van der Waals surface area contributed by atoms with Crippen molar-refractivity contribution in [3.63, 3.8) is 0 Å². The molecule has 6 rings (SSSR count). The van der Waals surface area contributed by atoms with Gasteiger partial charge in [-0.25, -0.2) is 0 Å². The summed E-state index contributed by atoms with van der Waals surface area (Å²) < 4.78 is 46.7. The third-order valence-corrected chi connectivity index (χ3v) is 13.0. The maximum Gasteiger partial charge on any atom is 0.207 e. The molecule has 1 aromatic heterocycles. The SMILES string of the molecule is [2H]c1c([2H])c([2H])c(-c2ccc(C)cc2N(C/C=C(\C=C/C)NC(/C=C/C(C)(C)C)=C/C=C/C(C)(C)C)c2c([B]C3=CCC(CC)C=C3)sc3cc4c(cc23)C(C)(C)CCC4(C)C)c([2H])c1[2H]. The van der Waals surface area contributed by atoms with Crippen LogP contribution in [0.1, 0.15) is 132 Å². The van der Waals surface area contributed by atoms with E-state index in [2.05, 4.69) is 180 Å². The molecule has 0 bridgehead atoms. The molecule has 0 amide bonds. The number of anilines is 2.